The van der Waals surface area contributed by atoms with Crippen molar-refractivity contribution in [1.29, 1.82) is 0 Å². The summed E-state index contributed by atoms with van der Waals surface area (Å²) < 4.78 is 0. The van der Waals surface area contributed by atoms with Crippen LogP contribution in [0.3, 0.4) is 0 Å². The van der Waals surface area contributed by atoms with Crippen LogP contribution in [0.5, 0.6) is 0 Å². The highest BCUT2D eigenvalue weighted by atomic mass is 14.6. The lowest BCUT2D eigenvalue weighted by Gasteiger charge is -2.17. The molecule has 0 aliphatic rings. The van der Waals surface area contributed by atoms with Crippen molar-refractivity contribution in [2.75, 3.05) is 11.5 Å². The van der Waals surface area contributed by atoms with E-state index in [1.54, 1.807) is 0 Å². The number of benzene rings is 3. The number of nitrogens with two attached hydrogens (primary N) is 2. The standard InChI is InChI=1S/C22H24N2/c1-15-7-3-5-9-17(15)13-19-20(22(24)12-11-21(19)23)14-18-10-6-4-8-16(18)2/h3-12H,13-14,23-24H2,1-2H3. The fourth-order valence-electron chi connectivity index (χ4n) is 3.14. The monoisotopic (exact) mass is 316 g/mol. The van der Waals surface area contributed by atoms with Crippen LogP contribution in [0.4, 0.5) is 11.4 Å². The smallest absolute Gasteiger partial charge is 0.0354 e. The summed E-state index contributed by atoms with van der Waals surface area (Å²) in [4.78, 5) is 0. The number of anilines is 2. The summed E-state index contributed by atoms with van der Waals surface area (Å²) in [7, 11) is 0. The van der Waals surface area contributed by atoms with E-state index in [-0.39, 0.29) is 0 Å². The Bertz CT molecular complexity index is 793. The molecule has 0 aliphatic carbocycles. The van der Waals surface area contributed by atoms with Gasteiger partial charge in [0, 0.05) is 24.2 Å². The molecule has 0 fully saturated rings. The van der Waals surface area contributed by atoms with Gasteiger partial charge >= 0.3 is 0 Å². The molecule has 4 N–H and O–H groups in total. The van der Waals surface area contributed by atoms with Gasteiger partial charge < -0.3 is 11.5 Å². The lowest BCUT2D eigenvalue weighted by molar-refractivity contribution is 1.07. The first-order valence-corrected chi connectivity index (χ1v) is 8.31. The lowest BCUT2D eigenvalue weighted by atomic mass is 9.90. The summed E-state index contributed by atoms with van der Waals surface area (Å²) in [6.07, 6.45) is 1.62. The van der Waals surface area contributed by atoms with E-state index in [9.17, 15) is 0 Å². The summed E-state index contributed by atoms with van der Waals surface area (Å²) in [5, 5.41) is 0. The molecular weight excluding hydrogens is 292 g/mol. The molecule has 0 unspecified atom stereocenters. The van der Waals surface area contributed by atoms with E-state index in [0.29, 0.717) is 0 Å². The van der Waals surface area contributed by atoms with Crippen LogP contribution in [-0.4, -0.2) is 0 Å². The highest BCUT2D eigenvalue weighted by molar-refractivity contribution is 5.64. The van der Waals surface area contributed by atoms with Gasteiger partial charge in [-0.25, -0.2) is 0 Å². The highest BCUT2D eigenvalue weighted by Crippen LogP contribution is 2.29. The Labute approximate surface area is 144 Å². The van der Waals surface area contributed by atoms with Gasteiger partial charge in [0.1, 0.15) is 0 Å². The molecule has 0 heterocycles. The zero-order valence-corrected chi connectivity index (χ0v) is 14.3. The van der Waals surface area contributed by atoms with Gasteiger partial charge in [0.25, 0.3) is 0 Å². The van der Waals surface area contributed by atoms with E-state index >= 15 is 0 Å². The zero-order valence-electron chi connectivity index (χ0n) is 14.3. The Morgan fingerprint density at radius 3 is 1.33 bits per heavy atom. The van der Waals surface area contributed by atoms with Gasteiger partial charge in [-0.3, -0.25) is 0 Å². The second kappa shape index (κ2) is 6.79. The molecule has 0 saturated carbocycles. The summed E-state index contributed by atoms with van der Waals surface area (Å²) in [6.45, 7) is 4.28. The molecule has 0 atom stereocenters. The first-order chi connectivity index (χ1) is 11.6. The zero-order chi connectivity index (χ0) is 17.1. The minimum atomic E-state index is 0.810. The maximum atomic E-state index is 6.32. The predicted molar refractivity (Wildman–Crippen MR) is 103 cm³/mol. The maximum absolute atomic E-state index is 6.32. The number of hydrogen-bond donors (Lipinski definition) is 2. The average molecular weight is 316 g/mol. The molecule has 3 rings (SSSR count). The molecule has 24 heavy (non-hydrogen) atoms. The van der Waals surface area contributed by atoms with E-state index < -0.39 is 0 Å². The van der Waals surface area contributed by atoms with Crippen LogP contribution in [0.1, 0.15) is 33.4 Å². The first-order valence-electron chi connectivity index (χ1n) is 8.31. The van der Waals surface area contributed by atoms with Crippen LogP contribution in [-0.2, 0) is 12.8 Å². The van der Waals surface area contributed by atoms with Crippen molar-refractivity contribution in [1.82, 2.24) is 0 Å². The van der Waals surface area contributed by atoms with E-state index in [1.165, 1.54) is 22.3 Å². The van der Waals surface area contributed by atoms with E-state index in [1.807, 2.05) is 12.1 Å². The normalized spacial score (nSPS) is 10.8. The molecule has 3 aromatic carbocycles. The second-order valence-electron chi connectivity index (χ2n) is 6.41. The van der Waals surface area contributed by atoms with Crippen LogP contribution in [0.15, 0.2) is 60.7 Å². The van der Waals surface area contributed by atoms with Gasteiger partial charge in [-0.2, -0.15) is 0 Å². The van der Waals surface area contributed by atoms with Crippen molar-refractivity contribution < 1.29 is 0 Å². The maximum Gasteiger partial charge on any atom is 0.0354 e. The molecule has 0 aromatic heterocycles. The Morgan fingerprint density at radius 1 is 0.583 bits per heavy atom. The van der Waals surface area contributed by atoms with Crippen LogP contribution in [0.25, 0.3) is 0 Å². The van der Waals surface area contributed by atoms with Gasteiger partial charge in [-0.15, -0.1) is 0 Å². The number of nitrogen functional groups attached to an aromatic ring is 2. The van der Waals surface area contributed by atoms with Crippen molar-refractivity contribution >= 4 is 11.4 Å². The molecule has 0 amide bonds. The minimum absolute atomic E-state index is 0.810. The quantitative estimate of drug-likeness (QED) is 0.688. The Morgan fingerprint density at radius 2 is 0.958 bits per heavy atom. The summed E-state index contributed by atoms with van der Waals surface area (Å²) in [6, 6.07) is 20.7. The summed E-state index contributed by atoms with van der Waals surface area (Å²) in [5.74, 6) is 0. The van der Waals surface area contributed by atoms with Crippen molar-refractivity contribution in [2.45, 2.75) is 26.7 Å². The summed E-state index contributed by atoms with van der Waals surface area (Å²) in [5.41, 5.74) is 21.7. The van der Waals surface area contributed by atoms with Gasteiger partial charge in [-0.1, -0.05) is 48.5 Å². The van der Waals surface area contributed by atoms with Crippen LogP contribution >= 0.6 is 0 Å². The van der Waals surface area contributed by atoms with E-state index in [4.69, 9.17) is 11.5 Å². The van der Waals surface area contributed by atoms with Crippen LogP contribution < -0.4 is 11.5 Å². The molecule has 0 bridgehead atoms. The Kier molecular flexibility index (Phi) is 4.57. The molecule has 2 heteroatoms. The molecule has 0 saturated heterocycles. The third-order valence-electron chi connectivity index (χ3n) is 4.76. The largest absolute Gasteiger partial charge is 0.398 e. The Hall–Kier alpha value is -2.74. The summed E-state index contributed by atoms with van der Waals surface area (Å²) >= 11 is 0. The van der Waals surface area contributed by atoms with Gasteiger partial charge in [-0.05, 0) is 59.4 Å². The molecule has 3 aromatic rings. The highest BCUT2D eigenvalue weighted by Gasteiger charge is 2.13. The third-order valence-corrected chi connectivity index (χ3v) is 4.76. The SMILES string of the molecule is Cc1ccccc1Cc1c(N)ccc(N)c1Cc1ccccc1C. The first kappa shape index (κ1) is 16.1. The Balaban J connectivity index is 2.04. The van der Waals surface area contributed by atoms with Crippen molar-refractivity contribution in [3.8, 4) is 0 Å². The fraction of sp³-hybridized carbons (Fsp3) is 0.182. The average Bonchev–Trinajstić information content (AvgIpc) is 2.57. The van der Waals surface area contributed by atoms with E-state index in [2.05, 4.69) is 62.4 Å². The number of rotatable bonds is 4. The lowest BCUT2D eigenvalue weighted by Crippen LogP contribution is -2.07. The molecule has 0 aliphatic heterocycles. The molecule has 0 spiro atoms. The van der Waals surface area contributed by atoms with Gasteiger partial charge in [0.15, 0.2) is 0 Å². The van der Waals surface area contributed by atoms with E-state index in [0.717, 1.165) is 35.3 Å². The number of aryl methyl sites for hydroxylation is 2. The molecule has 122 valence electrons. The van der Waals surface area contributed by atoms with Crippen LogP contribution in [0.2, 0.25) is 0 Å². The molecule has 2 nitrogen and oxygen atoms in total. The molecule has 0 radical (unpaired) electrons. The topological polar surface area (TPSA) is 52.0 Å². The van der Waals surface area contributed by atoms with Crippen molar-refractivity contribution in [3.63, 3.8) is 0 Å². The van der Waals surface area contributed by atoms with Crippen molar-refractivity contribution in [2.24, 2.45) is 0 Å². The fourth-order valence-corrected chi connectivity index (χ4v) is 3.14. The second-order valence-corrected chi connectivity index (χ2v) is 6.41. The predicted octanol–water partition coefficient (Wildman–Crippen LogP) is 4.65. The van der Waals surface area contributed by atoms with Crippen LogP contribution in [0, 0.1) is 13.8 Å². The molecular formula is C22H24N2. The minimum Gasteiger partial charge on any atom is -0.398 e. The van der Waals surface area contributed by atoms with Crippen molar-refractivity contribution in [3.05, 3.63) is 94.0 Å². The number of hydrogen-bond acceptors (Lipinski definition) is 2. The van der Waals surface area contributed by atoms with Gasteiger partial charge in [0.2, 0.25) is 0 Å². The third kappa shape index (κ3) is 3.28. The van der Waals surface area contributed by atoms with Gasteiger partial charge in [0.05, 0.1) is 0 Å².